The highest BCUT2D eigenvalue weighted by molar-refractivity contribution is 14.1. The first-order valence-electron chi connectivity index (χ1n) is 5.55. The average Bonchev–Trinajstić information content (AvgIpc) is 2.34. The van der Waals surface area contributed by atoms with Gasteiger partial charge in [0, 0.05) is 11.6 Å². The summed E-state index contributed by atoms with van der Waals surface area (Å²) in [6.07, 6.45) is 0. The van der Waals surface area contributed by atoms with E-state index in [-0.39, 0.29) is 11.9 Å². The monoisotopic (exact) mass is 357 g/mol. The molecule has 0 amide bonds. The van der Waals surface area contributed by atoms with Gasteiger partial charge in [0.25, 0.3) is 0 Å². The third kappa shape index (κ3) is 3.00. The molecule has 0 aliphatic carbocycles. The molecule has 18 heavy (non-hydrogen) atoms. The molecule has 0 aliphatic rings. The maximum atomic E-state index is 13.2. The molecular formula is C14H13FINO. The lowest BCUT2D eigenvalue weighted by Gasteiger charge is -2.14. The SMILES string of the molecule is C[C@H](N)c1cc(F)ccc1Oc1ccccc1I. The molecule has 0 unspecified atom stereocenters. The summed E-state index contributed by atoms with van der Waals surface area (Å²) in [7, 11) is 0. The first-order valence-corrected chi connectivity index (χ1v) is 6.63. The van der Waals surface area contributed by atoms with Gasteiger partial charge in [0.05, 0.1) is 3.57 Å². The number of rotatable bonds is 3. The van der Waals surface area contributed by atoms with Crippen LogP contribution in [0.15, 0.2) is 42.5 Å². The summed E-state index contributed by atoms with van der Waals surface area (Å²) in [5.74, 6) is 1.03. The molecule has 0 aliphatic heterocycles. The predicted molar refractivity (Wildman–Crippen MR) is 78.2 cm³/mol. The van der Waals surface area contributed by atoms with E-state index < -0.39 is 0 Å². The summed E-state index contributed by atoms with van der Waals surface area (Å²) in [4.78, 5) is 0. The fourth-order valence-electron chi connectivity index (χ4n) is 1.61. The zero-order valence-electron chi connectivity index (χ0n) is 9.86. The Morgan fingerprint density at radius 1 is 1.17 bits per heavy atom. The van der Waals surface area contributed by atoms with Crippen molar-refractivity contribution in [3.05, 3.63) is 57.4 Å². The lowest BCUT2D eigenvalue weighted by atomic mass is 10.1. The van der Waals surface area contributed by atoms with Gasteiger partial charge in [0.1, 0.15) is 17.3 Å². The Balaban J connectivity index is 2.37. The van der Waals surface area contributed by atoms with Crippen LogP contribution in [0.5, 0.6) is 11.5 Å². The lowest BCUT2D eigenvalue weighted by Crippen LogP contribution is -2.07. The van der Waals surface area contributed by atoms with Gasteiger partial charge in [-0.25, -0.2) is 4.39 Å². The molecule has 0 saturated heterocycles. The number of halogens is 2. The number of benzene rings is 2. The third-order valence-corrected chi connectivity index (χ3v) is 3.41. The summed E-state index contributed by atoms with van der Waals surface area (Å²) in [5, 5.41) is 0. The van der Waals surface area contributed by atoms with Gasteiger partial charge in [-0.15, -0.1) is 0 Å². The highest BCUT2D eigenvalue weighted by Crippen LogP contribution is 2.31. The van der Waals surface area contributed by atoms with E-state index in [4.69, 9.17) is 10.5 Å². The van der Waals surface area contributed by atoms with Gasteiger partial charge in [0.15, 0.2) is 0 Å². The van der Waals surface area contributed by atoms with Gasteiger partial charge in [-0.05, 0) is 59.8 Å². The van der Waals surface area contributed by atoms with Crippen molar-refractivity contribution >= 4 is 22.6 Å². The van der Waals surface area contributed by atoms with E-state index in [1.165, 1.54) is 12.1 Å². The second kappa shape index (κ2) is 5.67. The van der Waals surface area contributed by atoms with Crippen LogP contribution in [-0.4, -0.2) is 0 Å². The van der Waals surface area contributed by atoms with Crippen molar-refractivity contribution in [2.45, 2.75) is 13.0 Å². The lowest BCUT2D eigenvalue weighted by molar-refractivity contribution is 0.466. The molecule has 1 atom stereocenters. The fraction of sp³-hybridized carbons (Fsp3) is 0.143. The fourth-order valence-corrected chi connectivity index (χ4v) is 2.11. The Bertz CT molecular complexity index is 557. The molecule has 0 aromatic heterocycles. The highest BCUT2D eigenvalue weighted by Gasteiger charge is 2.11. The Labute approximate surface area is 119 Å². The molecule has 2 rings (SSSR count). The molecular weight excluding hydrogens is 344 g/mol. The van der Waals surface area contributed by atoms with Gasteiger partial charge < -0.3 is 10.5 Å². The maximum Gasteiger partial charge on any atom is 0.140 e. The van der Waals surface area contributed by atoms with Gasteiger partial charge in [-0.1, -0.05) is 12.1 Å². The van der Waals surface area contributed by atoms with E-state index in [9.17, 15) is 4.39 Å². The number of ether oxygens (including phenoxy) is 1. The quantitative estimate of drug-likeness (QED) is 0.834. The van der Waals surface area contributed by atoms with Crippen LogP contribution < -0.4 is 10.5 Å². The maximum absolute atomic E-state index is 13.2. The van der Waals surface area contributed by atoms with Crippen molar-refractivity contribution < 1.29 is 9.13 Å². The van der Waals surface area contributed by atoms with Crippen molar-refractivity contribution in [1.82, 2.24) is 0 Å². The summed E-state index contributed by atoms with van der Waals surface area (Å²) >= 11 is 2.19. The minimum atomic E-state index is -0.308. The second-order valence-electron chi connectivity index (χ2n) is 4.00. The summed E-state index contributed by atoms with van der Waals surface area (Å²) in [6, 6.07) is 11.8. The van der Waals surface area contributed by atoms with Crippen molar-refractivity contribution in [3.8, 4) is 11.5 Å². The summed E-state index contributed by atoms with van der Waals surface area (Å²) < 4.78 is 20.0. The molecule has 2 nitrogen and oxygen atoms in total. The van der Waals surface area contributed by atoms with E-state index in [0.29, 0.717) is 11.3 Å². The first-order chi connectivity index (χ1) is 8.58. The van der Waals surface area contributed by atoms with Crippen LogP contribution in [0.4, 0.5) is 4.39 Å². The second-order valence-corrected chi connectivity index (χ2v) is 5.17. The molecule has 2 aromatic carbocycles. The summed E-state index contributed by atoms with van der Waals surface area (Å²) in [5.41, 5.74) is 6.49. The minimum absolute atomic E-state index is 0.280. The minimum Gasteiger partial charge on any atom is -0.456 e. The summed E-state index contributed by atoms with van der Waals surface area (Å²) in [6.45, 7) is 1.80. The highest BCUT2D eigenvalue weighted by atomic mass is 127. The van der Waals surface area contributed by atoms with Crippen LogP contribution >= 0.6 is 22.6 Å². The van der Waals surface area contributed by atoms with E-state index in [2.05, 4.69) is 22.6 Å². The predicted octanol–water partition coefficient (Wildman–Crippen LogP) is 4.24. The number of nitrogens with two attached hydrogens (primary N) is 1. The van der Waals surface area contributed by atoms with Gasteiger partial charge in [-0.2, -0.15) is 0 Å². The number of para-hydroxylation sites is 1. The zero-order valence-corrected chi connectivity index (χ0v) is 12.0. The Morgan fingerprint density at radius 3 is 2.56 bits per heavy atom. The molecule has 0 heterocycles. The Morgan fingerprint density at radius 2 is 1.89 bits per heavy atom. The molecule has 0 bridgehead atoms. The molecule has 94 valence electrons. The molecule has 0 radical (unpaired) electrons. The van der Waals surface area contributed by atoms with Gasteiger partial charge in [0.2, 0.25) is 0 Å². The van der Waals surface area contributed by atoms with Crippen molar-refractivity contribution in [2.24, 2.45) is 5.73 Å². The third-order valence-electron chi connectivity index (χ3n) is 2.52. The standard InChI is InChI=1S/C14H13FINO/c1-9(17)11-8-10(15)6-7-13(11)18-14-5-3-2-4-12(14)16/h2-9H,17H2,1H3/t9-/m0/s1. The van der Waals surface area contributed by atoms with Crippen LogP contribution in [0, 0.1) is 9.39 Å². The van der Waals surface area contributed by atoms with Crippen LogP contribution in [0.3, 0.4) is 0 Å². The van der Waals surface area contributed by atoms with Crippen LogP contribution in [0.1, 0.15) is 18.5 Å². The van der Waals surface area contributed by atoms with E-state index >= 15 is 0 Å². The molecule has 4 heteroatoms. The van der Waals surface area contributed by atoms with Crippen molar-refractivity contribution in [2.75, 3.05) is 0 Å². The molecule has 0 saturated carbocycles. The Hall–Kier alpha value is -1.14. The average molecular weight is 357 g/mol. The molecule has 0 spiro atoms. The van der Waals surface area contributed by atoms with Crippen LogP contribution in [-0.2, 0) is 0 Å². The van der Waals surface area contributed by atoms with E-state index in [1.807, 2.05) is 24.3 Å². The van der Waals surface area contributed by atoms with Gasteiger partial charge >= 0.3 is 0 Å². The largest absolute Gasteiger partial charge is 0.456 e. The van der Waals surface area contributed by atoms with Crippen molar-refractivity contribution in [1.29, 1.82) is 0 Å². The van der Waals surface area contributed by atoms with Crippen molar-refractivity contribution in [3.63, 3.8) is 0 Å². The topological polar surface area (TPSA) is 35.2 Å². The molecule has 2 aromatic rings. The van der Waals surface area contributed by atoms with E-state index in [1.54, 1.807) is 13.0 Å². The normalized spacial score (nSPS) is 12.2. The zero-order chi connectivity index (χ0) is 13.1. The smallest absolute Gasteiger partial charge is 0.140 e. The first kappa shape index (κ1) is 13.3. The molecule has 0 fully saturated rings. The number of hydrogen-bond donors (Lipinski definition) is 1. The van der Waals surface area contributed by atoms with Crippen LogP contribution in [0.2, 0.25) is 0 Å². The number of hydrogen-bond acceptors (Lipinski definition) is 2. The van der Waals surface area contributed by atoms with Crippen LogP contribution in [0.25, 0.3) is 0 Å². The van der Waals surface area contributed by atoms with Gasteiger partial charge in [-0.3, -0.25) is 0 Å². The van der Waals surface area contributed by atoms with E-state index in [0.717, 1.165) is 9.32 Å². The molecule has 2 N–H and O–H groups in total. The Kier molecular flexibility index (Phi) is 4.19.